The minimum Gasteiger partial charge on any atom is -0.438 e. The molecule has 7 nitrogen and oxygen atoms in total. The van der Waals surface area contributed by atoms with Gasteiger partial charge >= 0.3 is 0 Å². The molecule has 3 aromatic rings. The Balaban J connectivity index is 2.12. The van der Waals surface area contributed by atoms with Crippen molar-refractivity contribution in [3.8, 4) is 17.7 Å². The van der Waals surface area contributed by atoms with Gasteiger partial charge in [0, 0.05) is 12.7 Å². The number of aromatic nitrogens is 2. The summed E-state index contributed by atoms with van der Waals surface area (Å²) in [5.41, 5.74) is 0.787. The molecular weight excluding hydrogens is 404 g/mol. The first-order valence-electron chi connectivity index (χ1n) is 10.1. The first-order valence-corrected chi connectivity index (χ1v) is 10.1. The molecule has 2 aromatic heterocycles. The first kappa shape index (κ1) is 22.5. The fourth-order valence-corrected chi connectivity index (χ4v) is 2.97. The van der Waals surface area contributed by atoms with Crippen LogP contribution in [0.3, 0.4) is 0 Å². The Morgan fingerprint density at radius 1 is 1.25 bits per heavy atom. The van der Waals surface area contributed by atoms with Gasteiger partial charge in [-0.1, -0.05) is 45.0 Å². The topological polar surface area (TPSA) is 96.5 Å². The lowest BCUT2D eigenvalue weighted by Gasteiger charge is -2.19. The molecule has 32 heavy (non-hydrogen) atoms. The summed E-state index contributed by atoms with van der Waals surface area (Å²) in [4.78, 5) is 29.9. The molecule has 162 valence electrons. The summed E-state index contributed by atoms with van der Waals surface area (Å²) in [5.74, 6) is -0.131. The van der Waals surface area contributed by atoms with Gasteiger partial charge in [-0.2, -0.15) is 10.2 Å². The van der Waals surface area contributed by atoms with E-state index in [9.17, 15) is 14.9 Å². The van der Waals surface area contributed by atoms with E-state index in [4.69, 9.17) is 4.74 Å². The molecular formula is C25H24N4O3. The van der Waals surface area contributed by atoms with Crippen molar-refractivity contribution in [1.29, 1.82) is 5.26 Å². The van der Waals surface area contributed by atoms with Gasteiger partial charge < -0.3 is 10.1 Å². The number of ether oxygens (including phenoxy) is 1. The monoisotopic (exact) mass is 428 g/mol. The second-order valence-electron chi connectivity index (χ2n) is 8.11. The lowest BCUT2D eigenvalue weighted by Crippen LogP contribution is -2.25. The minimum atomic E-state index is -0.620. The number of amides is 1. The highest BCUT2D eigenvalue weighted by atomic mass is 16.5. The second-order valence-corrected chi connectivity index (χ2v) is 8.11. The van der Waals surface area contributed by atoms with Crippen molar-refractivity contribution in [2.45, 2.75) is 26.2 Å². The molecule has 1 aromatic carbocycles. The predicted octanol–water partition coefficient (Wildman–Crippen LogP) is 3.99. The van der Waals surface area contributed by atoms with Gasteiger partial charge in [0.05, 0.1) is 0 Å². The van der Waals surface area contributed by atoms with E-state index in [1.165, 1.54) is 16.6 Å². The summed E-state index contributed by atoms with van der Waals surface area (Å²) in [6.45, 7) is 10.1. The van der Waals surface area contributed by atoms with Crippen LogP contribution in [0.15, 0.2) is 71.7 Å². The van der Waals surface area contributed by atoms with Crippen LogP contribution < -0.4 is 15.6 Å². The van der Waals surface area contributed by atoms with Gasteiger partial charge in [0.25, 0.3) is 11.5 Å². The summed E-state index contributed by atoms with van der Waals surface area (Å²) in [7, 11) is 0. The molecule has 0 aliphatic heterocycles. The maximum Gasteiger partial charge on any atom is 0.269 e. The van der Waals surface area contributed by atoms with Crippen molar-refractivity contribution < 1.29 is 9.53 Å². The Morgan fingerprint density at radius 3 is 2.59 bits per heavy atom. The average Bonchev–Trinajstić information content (AvgIpc) is 2.77. The summed E-state index contributed by atoms with van der Waals surface area (Å²) < 4.78 is 7.28. The van der Waals surface area contributed by atoms with Gasteiger partial charge in [-0.3, -0.25) is 14.0 Å². The lowest BCUT2D eigenvalue weighted by molar-refractivity contribution is -0.116. The van der Waals surface area contributed by atoms with Gasteiger partial charge in [-0.05, 0) is 41.3 Å². The molecule has 1 amide bonds. The number of pyridine rings is 1. The molecule has 0 spiro atoms. The Bertz CT molecular complexity index is 1290. The van der Waals surface area contributed by atoms with Crippen molar-refractivity contribution in [1.82, 2.24) is 14.7 Å². The standard InChI is InChI=1S/C25H24N4O3/c1-5-13-27-22(30)17(16-26)15-20-23(28-21-8-6-7-14-29(21)24(20)31)32-19-11-9-18(10-12-19)25(2,3)4/h5-12,14-15H,1,13H2,2-4H3,(H,27,30). The fourth-order valence-electron chi connectivity index (χ4n) is 2.97. The van der Waals surface area contributed by atoms with Crippen molar-refractivity contribution in [2.75, 3.05) is 6.54 Å². The number of nitriles is 1. The number of hydrogen-bond donors (Lipinski definition) is 1. The van der Waals surface area contributed by atoms with Crippen molar-refractivity contribution in [3.63, 3.8) is 0 Å². The maximum absolute atomic E-state index is 13.2. The van der Waals surface area contributed by atoms with E-state index in [0.29, 0.717) is 11.4 Å². The lowest BCUT2D eigenvalue weighted by atomic mass is 9.87. The van der Waals surface area contributed by atoms with E-state index in [1.807, 2.05) is 18.2 Å². The highest BCUT2D eigenvalue weighted by Gasteiger charge is 2.18. The molecule has 3 rings (SSSR count). The first-order chi connectivity index (χ1) is 15.2. The van der Waals surface area contributed by atoms with Crippen LogP contribution in [0.2, 0.25) is 0 Å². The number of carbonyl (C=O) groups excluding carboxylic acids is 1. The quantitative estimate of drug-likeness (QED) is 0.364. The fraction of sp³-hybridized carbons (Fsp3) is 0.200. The van der Waals surface area contributed by atoms with Gasteiger partial charge in [0.1, 0.15) is 28.6 Å². The van der Waals surface area contributed by atoms with Crippen molar-refractivity contribution in [3.05, 3.63) is 88.4 Å². The summed E-state index contributed by atoms with van der Waals surface area (Å²) in [6, 6.07) is 14.4. The average molecular weight is 428 g/mol. The van der Waals surface area contributed by atoms with Crippen molar-refractivity contribution in [2.24, 2.45) is 0 Å². The zero-order valence-corrected chi connectivity index (χ0v) is 18.3. The summed E-state index contributed by atoms with van der Waals surface area (Å²) in [5, 5.41) is 12.0. The molecule has 2 heterocycles. The number of fused-ring (bicyclic) bond motifs is 1. The van der Waals surface area contributed by atoms with Crippen LogP contribution in [-0.2, 0) is 10.2 Å². The van der Waals surface area contributed by atoms with E-state index in [2.05, 4.69) is 37.7 Å². The van der Waals surface area contributed by atoms with Crippen LogP contribution in [-0.4, -0.2) is 21.8 Å². The van der Waals surface area contributed by atoms with E-state index in [0.717, 1.165) is 5.56 Å². The van der Waals surface area contributed by atoms with Gasteiger partial charge in [-0.25, -0.2) is 0 Å². The van der Waals surface area contributed by atoms with Crippen LogP contribution in [0, 0.1) is 11.3 Å². The molecule has 0 atom stereocenters. The van der Waals surface area contributed by atoms with E-state index in [-0.39, 0.29) is 29.0 Å². The van der Waals surface area contributed by atoms with Crippen LogP contribution in [0.4, 0.5) is 0 Å². The van der Waals surface area contributed by atoms with E-state index >= 15 is 0 Å². The normalized spacial score (nSPS) is 11.6. The molecule has 0 saturated carbocycles. The molecule has 7 heteroatoms. The molecule has 0 fully saturated rings. The smallest absolute Gasteiger partial charge is 0.269 e. The van der Waals surface area contributed by atoms with Crippen molar-refractivity contribution >= 4 is 17.6 Å². The zero-order valence-electron chi connectivity index (χ0n) is 18.3. The highest BCUT2D eigenvalue weighted by Crippen LogP contribution is 2.28. The number of nitrogens with one attached hydrogen (secondary N) is 1. The Hall–Kier alpha value is -4.18. The van der Waals surface area contributed by atoms with Gasteiger partial charge in [-0.15, -0.1) is 6.58 Å². The number of rotatable bonds is 6. The number of benzene rings is 1. The predicted molar refractivity (Wildman–Crippen MR) is 123 cm³/mol. The van der Waals surface area contributed by atoms with Crippen LogP contribution in [0.5, 0.6) is 11.6 Å². The second kappa shape index (κ2) is 9.31. The van der Waals surface area contributed by atoms with E-state index in [1.54, 1.807) is 36.5 Å². The molecule has 0 aliphatic carbocycles. The van der Waals surface area contributed by atoms with Crippen LogP contribution in [0.25, 0.3) is 11.7 Å². The van der Waals surface area contributed by atoms with Crippen LogP contribution in [0.1, 0.15) is 31.9 Å². The number of carbonyl (C=O) groups is 1. The van der Waals surface area contributed by atoms with Crippen LogP contribution >= 0.6 is 0 Å². The zero-order chi connectivity index (χ0) is 23.3. The molecule has 0 saturated heterocycles. The SMILES string of the molecule is C=CCNC(=O)C(C#N)=Cc1c(Oc2ccc(C(C)(C)C)cc2)nc2ccccn2c1=O. The maximum atomic E-state index is 13.2. The third-order valence-corrected chi connectivity index (χ3v) is 4.73. The largest absolute Gasteiger partial charge is 0.438 e. The molecule has 0 unspecified atom stereocenters. The molecule has 0 aliphatic rings. The third kappa shape index (κ3) is 4.93. The Labute approximate surface area is 186 Å². The number of nitrogens with zero attached hydrogens (tertiary/aromatic N) is 3. The van der Waals surface area contributed by atoms with E-state index < -0.39 is 11.5 Å². The summed E-state index contributed by atoms with van der Waals surface area (Å²) >= 11 is 0. The van der Waals surface area contributed by atoms with Gasteiger partial charge in [0.2, 0.25) is 5.88 Å². The number of hydrogen-bond acceptors (Lipinski definition) is 5. The third-order valence-electron chi connectivity index (χ3n) is 4.73. The Morgan fingerprint density at radius 2 is 1.97 bits per heavy atom. The minimum absolute atomic E-state index is 0.00102. The Kier molecular flexibility index (Phi) is 6.55. The molecule has 1 N–H and O–H groups in total. The highest BCUT2D eigenvalue weighted by molar-refractivity contribution is 6.02. The summed E-state index contributed by atoms with van der Waals surface area (Å²) in [6.07, 6.45) is 4.26. The van der Waals surface area contributed by atoms with Gasteiger partial charge in [0.15, 0.2) is 0 Å². The molecule has 0 radical (unpaired) electrons. The molecule has 0 bridgehead atoms.